The lowest BCUT2D eigenvalue weighted by Crippen LogP contribution is -2.26. The molecule has 0 radical (unpaired) electrons. The highest BCUT2D eigenvalue weighted by Gasteiger charge is 2.05. The van der Waals surface area contributed by atoms with Crippen LogP contribution in [-0.4, -0.2) is 28.4 Å². The maximum atomic E-state index is 12.1. The van der Waals surface area contributed by atoms with Crippen molar-refractivity contribution in [3.05, 3.63) is 51.7 Å². The van der Waals surface area contributed by atoms with Gasteiger partial charge in [-0.2, -0.15) is 5.10 Å². The molecule has 0 aliphatic heterocycles. The van der Waals surface area contributed by atoms with Crippen molar-refractivity contribution in [3.63, 3.8) is 0 Å². The first-order chi connectivity index (χ1) is 9.60. The molecule has 0 unspecified atom stereocenters. The predicted molar refractivity (Wildman–Crippen MR) is 80.4 cm³/mol. The van der Waals surface area contributed by atoms with Crippen LogP contribution >= 0.6 is 11.6 Å². The summed E-state index contributed by atoms with van der Waals surface area (Å²) < 4.78 is 1.38. The fraction of sp³-hybridized carbons (Fsp3) is 0.357. The molecule has 0 aromatic carbocycles. The van der Waals surface area contributed by atoms with Gasteiger partial charge in [-0.3, -0.25) is 9.78 Å². The molecule has 2 aromatic heterocycles. The zero-order valence-electron chi connectivity index (χ0n) is 11.6. The Morgan fingerprint density at radius 3 is 2.85 bits per heavy atom. The van der Waals surface area contributed by atoms with Crippen LogP contribution in [0.3, 0.4) is 0 Å². The van der Waals surface area contributed by atoms with Gasteiger partial charge < -0.3 is 4.90 Å². The SMILES string of the molecule is CCCN(C)c1cnn(Cc2cc(Cl)ccn2)c(=O)c1. The fourth-order valence-electron chi connectivity index (χ4n) is 1.90. The van der Waals surface area contributed by atoms with Crippen LogP contribution in [0.15, 0.2) is 35.4 Å². The van der Waals surface area contributed by atoms with Gasteiger partial charge in [0, 0.05) is 30.9 Å². The molecule has 0 saturated carbocycles. The van der Waals surface area contributed by atoms with Gasteiger partial charge in [-0.05, 0) is 18.6 Å². The second-order valence-electron chi connectivity index (χ2n) is 4.60. The number of rotatable bonds is 5. The molecule has 0 spiro atoms. The van der Waals surface area contributed by atoms with Crippen LogP contribution in [0.2, 0.25) is 5.02 Å². The van der Waals surface area contributed by atoms with Crippen LogP contribution in [-0.2, 0) is 6.54 Å². The van der Waals surface area contributed by atoms with Gasteiger partial charge in [0.2, 0.25) is 0 Å². The van der Waals surface area contributed by atoms with E-state index in [9.17, 15) is 4.79 Å². The van der Waals surface area contributed by atoms with Crippen molar-refractivity contribution >= 4 is 17.3 Å². The monoisotopic (exact) mass is 292 g/mol. The summed E-state index contributed by atoms with van der Waals surface area (Å²) in [6.07, 6.45) is 4.33. The van der Waals surface area contributed by atoms with E-state index in [1.807, 2.05) is 11.9 Å². The number of aromatic nitrogens is 3. The third-order valence-corrected chi connectivity index (χ3v) is 3.18. The van der Waals surface area contributed by atoms with Crippen molar-refractivity contribution in [2.24, 2.45) is 0 Å². The molecule has 6 heteroatoms. The normalized spacial score (nSPS) is 10.6. The Hall–Kier alpha value is -1.88. The Labute approximate surface area is 122 Å². The number of halogens is 1. The average Bonchev–Trinajstić information content (AvgIpc) is 2.41. The number of nitrogens with zero attached hydrogens (tertiary/aromatic N) is 4. The van der Waals surface area contributed by atoms with Gasteiger partial charge in [-0.15, -0.1) is 0 Å². The van der Waals surface area contributed by atoms with Gasteiger partial charge in [-0.1, -0.05) is 18.5 Å². The standard InChI is InChI=1S/C14H17ClN4O/c1-3-6-18(2)13-8-14(20)19(17-9-13)10-12-7-11(15)4-5-16-12/h4-5,7-9H,3,6,10H2,1-2H3. The molecule has 0 N–H and O–H groups in total. The topological polar surface area (TPSA) is 51.0 Å². The third kappa shape index (κ3) is 3.57. The molecular weight excluding hydrogens is 276 g/mol. The molecule has 0 aliphatic carbocycles. The van der Waals surface area contributed by atoms with Gasteiger partial charge >= 0.3 is 0 Å². The van der Waals surface area contributed by atoms with E-state index in [-0.39, 0.29) is 5.56 Å². The summed E-state index contributed by atoms with van der Waals surface area (Å²) in [5.74, 6) is 0. The van der Waals surface area contributed by atoms with Crippen molar-refractivity contribution < 1.29 is 0 Å². The molecule has 5 nitrogen and oxygen atoms in total. The average molecular weight is 293 g/mol. The van der Waals surface area contributed by atoms with Gasteiger partial charge in [0.15, 0.2) is 0 Å². The largest absolute Gasteiger partial charge is 0.373 e. The zero-order chi connectivity index (χ0) is 14.5. The second kappa shape index (κ2) is 6.52. The quantitative estimate of drug-likeness (QED) is 0.848. The highest BCUT2D eigenvalue weighted by molar-refractivity contribution is 6.30. The molecule has 2 heterocycles. The van der Waals surface area contributed by atoms with Gasteiger partial charge in [0.25, 0.3) is 5.56 Å². The summed E-state index contributed by atoms with van der Waals surface area (Å²) in [6, 6.07) is 5.02. The molecule has 0 fully saturated rings. The van der Waals surface area contributed by atoms with Crippen LogP contribution in [0.1, 0.15) is 19.0 Å². The van der Waals surface area contributed by atoms with Crippen LogP contribution in [0.25, 0.3) is 0 Å². The Balaban J connectivity index is 2.20. The van der Waals surface area contributed by atoms with E-state index in [4.69, 9.17) is 11.6 Å². The summed E-state index contributed by atoms with van der Waals surface area (Å²) in [5.41, 5.74) is 1.39. The van der Waals surface area contributed by atoms with Crippen molar-refractivity contribution in [2.75, 3.05) is 18.5 Å². The Morgan fingerprint density at radius 2 is 2.20 bits per heavy atom. The van der Waals surface area contributed by atoms with E-state index in [1.54, 1.807) is 30.6 Å². The summed E-state index contributed by atoms with van der Waals surface area (Å²) in [6.45, 7) is 3.30. The maximum Gasteiger partial charge on any atom is 0.269 e. The number of pyridine rings is 1. The summed E-state index contributed by atoms with van der Waals surface area (Å²) >= 11 is 5.90. The van der Waals surface area contributed by atoms with Gasteiger partial charge in [0.1, 0.15) is 0 Å². The minimum absolute atomic E-state index is 0.146. The smallest absolute Gasteiger partial charge is 0.269 e. The van der Waals surface area contributed by atoms with Crippen molar-refractivity contribution in [2.45, 2.75) is 19.9 Å². The minimum atomic E-state index is -0.146. The molecule has 0 bridgehead atoms. The van der Waals surface area contributed by atoms with Gasteiger partial charge in [0.05, 0.1) is 24.1 Å². The van der Waals surface area contributed by atoms with Crippen LogP contribution in [0.5, 0.6) is 0 Å². The van der Waals surface area contributed by atoms with E-state index in [1.165, 1.54) is 4.68 Å². The van der Waals surface area contributed by atoms with Crippen molar-refractivity contribution in [1.29, 1.82) is 0 Å². The molecule has 0 amide bonds. The number of hydrogen-bond acceptors (Lipinski definition) is 4. The van der Waals surface area contributed by atoms with E-state index >= 15 is 0 Å². The van der Waals surface area contributed by atoms with E-state index in [0.717, 1.165) is 18.7 Å². The Kier molecular flexibility index (Phi) is 4.74. The third-order valence-electron chi connectivity index (χ3n) is 2.95. The molecule has 20 heavy (non-hydrogen) atoms. The first-order valence-corrected chi connectivity index (χ1v) is 6.86. The van der Waals surface area contributed by atoms with Crippen LogP contribution in [0.4, 0.5) is 5.69 Å². The molecule has 0 aliphatic rings. The van der Waals surface area contributed by atoms with Crippen molar-refractivity contribution in [3.8, 4) is 0 Å². The maximum absolute atomic E-state index is 12.1. The van der Waals surface area contributed by atoms with E-state index in [0.29, 0.717) is 17.3 Å². The lowest BCUT2D eigenvalue weighted by Gasteiger charge is -2.17. The first kappa shape index (κ1) is 14.5. The predicted octanol–water partition coefficient (Wildman–Crippen LogP) is 2.19. The Bertz CT molecular complexity index is 641. The highest BCUT2D eigenvalue weighted by atomic mass is 35.5. The first-order valence-electron chi connectivity index (χ1n) is 6.49. The van der Waals surface area contributed by atoms with Crippen LogP contribution in [0, 0.1) is 0 Å². The van der Waals surface area contributed by atoms with E-state index in [2.05, 4.69) is 17.0 Å². The molecule has 2 rings (SSSR count). The number of anilines is 1. The van der Waals surface area contributed by atoms with Crippen LogP contribution < -0.4 is 10.5 Å². The molecular formula is C14H17ClN4O. The number of hydrogen-bond donors (Lipinski definition) is 0. The van der Waals surface area contributed by atoms with Gasteiger partial charge in [-0.25, -0.2) is 4.68 Å². The fourth-order valence-corrected chi connectivity index (χ4v) is 2.09. The molecule has 106 valence electrons. The highest BCUT2D eigenvalue weighted by Crippen LogP contribution is 2.10. The lowest BCUT2D eigenvalue weighted by atomic mass is 10.3. The molecule has 0 atom stereocenters. The van der Waals surface area contributed by atoms with E-state index < -0.39 is 0 Å². The molecule has 0 saturated heterocycles. The summed E-state index contributed by atoms with van der Waals surface area (Å²) in [4.78, 5) is 18.2. The molecule has 2 aromatic rings. The second-order valence-corrected chi connectivity index (χ2v) is 5.03. The Morgan fingerprint density at radius 1 is 1.40 bits per heavy atom. The lowest BCUT2D eigenvalue weighted by molar-refractivity contribution is 0.626. The zero-order valence-corrected chi connectivity index (χ0v) is 12.3. The summed E-state index contributed by atoms with van der Waals surface area (Å²) in [7, 11) is 1.95. The van der Waals surface area contributed by atoms with Crippen molar-refractivity contribution in [1.82, 2.24) is 14.8 Å². The summed E-state index contributed by atoms with van der Waals surface area (Å²) in [5, 5.41) is 4.79. The minimum Gasteiger partial charge on any atom is -0.373 e.